The highest BCUT2D eigenvalue weighted by Crippen LogP contribution is 2.41. The number of carbonyl (C=O) groups excluding carboxylic acids is 2. The van der Waals surface area contributed by atoms with Crippen LogP contribution in [0.3, 0.4) is 0 Å². The summed E-state index contributed by atoms with van der Waals surface area (Å²) in [5, 5.41) is 18.0. The van der Waals surface area contributed by atoms with Gasteiger partial charge in [0.2, 0.25) is 11.5 Å². The number of aliphatic hydroxyl groups is 1. The van der Waals surface area contributed by atoms with Gasteiger partial charge < -0.3 is 5.11 Å². The molecular formula is C20H27N4O4+. The van der Waals surface area contributed by atoms with Crippen LogP contribution in [0.1, 0.15) is 52.8 Å². The number of likely N-dealkylation sites (N-methyl/N-ethyl adjacent to an activating group) is 1. The highest BCUT2D eigenvalue weighted by Gasteiger charge is 2.50. The van der Waals surface area contributed by atoms with Gasteiger partial charge in [-0.15, -0.1) is 10.1 Å². The molecule has 1 aromatic heterocycles. The normalized spacial score (nSPS) is 20.9. The molecule has 150 valence electrons. The number of aromatic amines is 1. The van der Waals surface area contributed by atoms with Crippen molar-refractivity contribution in [3.63, 3.8) is 0 Å². The highest BCUT2D eigenvalue weighted by atomic mass is 16.3. The smallest absolute Gasteiger partial charge is 0.314 e. The predicted octanol–water partition coefficient (Wildman–Crippen LogP) is 0.114. The number of Topliss-reactive ketones (excluding diaryl/α,β-unsaturated/α-hetero) is 1. The van der Waals surface area contributed by atoms with Gasteiger partial charge in [0.05, 0.1) is 29.5 Å². The minimum atomic E-state index is -0.498. The van der Waals surface area contributed by atoms with Gasteiger partial charge in [-0.25, -0.2) is 0 Å². The zero-order valence-corrected chi connectivity index (χ0v) is 17.6. The third kappa shape index (κ3) is 2.66. The van der Waals surface area contributed by atoms with Crippen LogP contribution >= 0.6 is 0 Å². The molecule has 1 aromatic rings. The molecule has 0 fully saturated rings. The first-order valence-electron chi connectivity index (χ1n) is 9.12. The third-order valence-corrected chi connectivity index (χ3v) is 5.02. The van der Waals surface area contributed by atoms with Crippen LogP contribution in [-0.4, -0.2) is 44.3 Å². The summed E-state index contributed by atoms with van der Waals surface area (Å²) in [5.41, 5.74) is 0.0853. The van der Waals surface area contributed by atoms with Gasteiger partial charge in [-0.05, 0) is 0 Å². The van der Waals surface area contributed by atoms with E-state index in [0.717, 1.165) is 0 Å². The number of hydrogen-bond donors (Lipinski definition) is 3. The summed E-state index contributed by atoms with van der Waals surface area (Å²) in [6, 6.07) is 0. The molecule has 0 radical (unpaired) electrons. The Morgan fingerprint density at radius 3 is 1.93 bits per heavy atom. The molecule has 2 aliphatic rings. The number of amides is 1. The Balaban J connectivity index is 2.28. The van der Waals surface area contributed by atoms with E-state index in [-0.39, 0.29) is 28.0 Å². The van der Waals surface area contributed by atoms with Gasteiger partial charge in [0.15, 0.2) is 0 Å². The topological polar surface area (TPSA) is 109 Å². The highest BCUT2D eigenvalue weighted by molar-refractivity contribution is 6.43. The van der Waals surface area contributed by atoms with Crippen LogP contribution in [0.15, 0.2) is 21.7 Å². The molecule has 8 heteroatoms. The Morgan fingerprint density at radius 1 is 0.893 bits per heavy atom. The molecule has 1 aliphatic heterocycles. The minimum Gasteiger partial charge on any atom is -0.506 e. The molecule has 0 saturated heterocycles. The van der Waals surface area contributed by atoms with Crippen molar-refractivity contribution in [1.82, 2.24) is 14.8 Å². The molecule has 0 atom stereocenters. The maximum absolute atomic E-state index is 13.1. The lowest BCUT2D eigenvalue weighted by Gasteiger charge is -2.25. The number of nitrogens with one attached hydrogen (secondary N) is 2. The van der Waals surface area contributed by atoms with E-state index >= 15 is 0 Å². The number of rotatable bonds is 1. The number of aliphatic hydroxyl groups excluding tert-OH is 1. The number of aryl methyl sites for hydroxylation is 1. The van der Waals surface area contributed by atoms with Crippen molar-refractivity contribution < 1.29 is 19.8 Å². The van der Waals surface area contributed by atoms with Crippen LogP contribution in [-0.2, 0) is 22.1 Å². The fourth-order valence-corrected chi connectivity index (χ4v) is 3.51. The average molecular weight is 387 g/mol. The lowest BCUT2D eigenvalue weighted by molar-refractivity contribution is -0.611. The summed E-state index contributed by atoms with van der Waals surface area (Å²) in [4.78, 5) is 38.4. The van der Waals surface area contributed by atoms with Gasteiger partial charge in [-0.1, -0.05) is 41.5 Å². The van der Waals surface area contributed by atoms with Gasteiger partial charge in [-0.2, -0.15) is 0 Å². The average Bonchev–Trinajstić information content (AvgIpc) is 3.00. The van der Waals surface area contributed by atoms with Crippen molar-refractivity contribution in [1.29, 1.82) is 0 Å². The molecule has 3 rings (SSSR count). The number of hydrazone groups is 1. The Bertz CT molecular complexity index is 1070. The number of ketones is 1. The number of hydrazine groups is 1. The Hall–Kier alpha value is -2.90. The second-order valence-electron chi connectivity index (χ2n) is 9.38. The first-order chi connectivity index (χ1) is 12.7. The molecule has 2 heterocycles. The summed E-state index contributed by atoms with van der Waals surface area (Å²) in [6.07, 6.45) is 0. The fraction of sp³-hybridized carbons (Fsp3) is 0.500. The summed E-state index contributed by atoms with van der Waals surface area (Å²) >= 11 is 0. The van der Waals surface area contributed by atoms with E-state index in [2.05, 4.69) is 10.2 Å². The van der Waals surface area contributed by atoms with E-state index in [0.29, 0.717) is 11.4 Å². The largest absolute Gasteiger partial charge is 0.506 e. The standard InChI is InChI=1S/C20H26N4O4/c1-19(2,3)15-11(17(27)23(7)21-15)9-13(25)10(14(9)26)12-16(20(4,5)6)22-24(8)18(12)28/h21,25H,1-8H3/p+1/b12-10-. The first-order valence-corrected chi connectivity index (χ1v) is 9.12. The third-order valence-electron chi connectivity index (χ3n) is 5.02. The molecular weight excluding hydrogens is 360 g/mol. The van der Waals surface area contributed by atoms with Crippen LogP contribution in [0.4, 0.5) is 0 Å². The summed E-state index contributed by atoms with van der Waals surface area (Å²) in [7, 11) is 3.12. The number of H-pyrrole nitrogens is 1. The number of allylic oxidation sites excluding steroid dienone is 2. The molecule has 0 unspecified atom stereocenters. The molecule has 0 saturated carbocycles. The molecule has 8 nitrogen and oxygen atoms in total. The SMILES string of the molecule is CN1[NH+]=C(C(C)(C)C)/C(=C2/C(=O)C(c3c(C(C)(C)C)[nH]n(C)c3=O)=C2O)C1=O. The zero-order valence-electron chi connectivity index (χ0n) is 17.6. The second kappa shape index (κ2) is 5.80. The van der Waals surface area contributed by atoms with E-state index in [1.54, 1.807) is 14.1 Å². The minimum absolute atomic E-state index is 0.0371. The first kappa shape index (κ1) is 19.9. The van der Waals surface area contributed by atoms with Crippen molar-refractivity contribution >= 4 is 23.0 Å². The molecule has 1 amide bonds. The van der Waals surface area contributed by atoms with E-state index in [4.69, 9.17) is 0 Å². The van der Waals surface area contributed by atoms with E-state index in [9.17, 15) is 19.5 Å². The number of aromatic nitrogens is 2. The lowest BCUT2D eigenvalue weighted by atomic mass is 9.74. The van der Waals surface area contributed by atoms with Crippen LogP contribution in [0, 0.1) is 5.41 Å². The van der Waals surface area contributed by atoms with Crippen LogP contribution in [0.5, 0.6) is 0 Å². The molecule has 0 bridgehead atoms. The Labute approximate surface area is 163 Å². The lowest BCUT2D eigenvalue weighted by Crippen LogP contribution is -2.81. The van der Waals surface area contributed by atoms with Gasteiger partial charge >= 0.3 is 5.91 Å². The summed E-state index contributed by atoms with van der Waals surface area (Å²) < 4.78 is 1.29. The number of hydrogen-bond acceptors (Lipinski definition) is 4. The maximum atomic E-state index is 13.1. The summed E-state index contributed by atoms with van der Waals surface area (Å²) in [5.74, 6) is -1.20. The zero-order chi connectivity index (χ0) is 21.3. The van der Waals surface area contributed by atoms with E-state index in [1.807, 2.05) is 41.5 Å². The van der Waals surface area contributed by atoms with Crippen LogP contribution in [0.2, 0.25) is 0 Å². The van der Waals surface area contributed by atoms with Crippen LogP contribution < -0.4 is 10.7 Å². The number of carbonyl (C=O) groups is 2. The molecule has 3 N–H and O–H groups in total. The van der Waals surface area contributed by atoms with Crippen molar-refractivity contribution in [3.05, 3.63) is 38.5 Å². The van der Waals surface area contributed by atoms with Crippen LogP contribution in [0.25, 0.3) is 5.57 Å². The monoisotopic (exact) mass is 387 g/mol. The van der Waals surface area contributed by atoms with Gasteiger partial charge in [0.1, 0.15) is 11.3 Å². The maximum Gasteiger partial charge on any atom is 0.314 e. The summed E-state index contributed by atoms with van der Waals surface area (Å²) in [6.45, 7) is 11.5. The quantitative estimate of drug-likeness (QED) is 0.595. The fourth-order valence-electron chi connectivity index (χ4n) is 3.51. The molecule has 28 heavy (non-hydrogen) atoms. The van der Waals surface area contributed by atoms with Crippen molar-refractivity contribution in [3.8, 4) is 0 Å². The van der Waals surface area contributed by atoms with E-state index < -0.39 is 28.1 Å². The molecule has 0 spiro atoms. The molecule has 0 aromatic carbocycles. The van der Waals surface area contributed by atoms with Crippen molar-refractivity contribution in [2.24, 2.45) is 12.5 Å². The molecule has 1 aliphatic carbocycles. The van der Waals surface area contributed by atoms with Gasteiger partial charge in [-0.3, -0.25) is 24.2 Å². The van der Waals surface area contributed by atoms with Gasteiger partial charge in [0.25, 0.3) is 5.56 Å². The predicted molar refractivity (Wildman–Crippen MR) is 105 cm³/mol. The van der Waals surface area contributed by atoms with Gasteiger partial charge in [0, 0.05) is 17.9 Å². The Kier molecular flexibility index (Phi) is 4.11. The van der Waals surface area contributed by atoms with Crippen molar-refractivity contribution in [2.75, 3.05) is 7.05 Å². The number of nitrogens with zero attached hydrogens (tertiary/aromatic N) is 2. The van der Waals surface area contributed by atoms with Crippen molar-refractivity contribution in [2.45, 2.75) is 47.0 Å². The van der Waals surface area contributed by atoms with E-state index in [1.165, 1.54) is 9.69 Å². The Morgan fingerprint density at radius 2 is 1.46 bits per heavy atom. The second-order valence-corrected chi connectivity index (χ2v) is 9.38.